The number of aromatic nitrogens is 3. The highest BCUT2D eigenvalue weighted by atomic mass is 19.1. The number of aliphatic hydroxyl groups excluding tert-OH is 1. The van der Waals surface area contributed by atoms with Crippen LogP contribution in [0.25, 0.3) is 11.3 Å². The van der Waals surface area contributed by atoms with Gasteiger partial charge in [-0.05, 0) is 31.2 Å². The molecule has 0 radical (unpaired) electrons. The van der Waals surface area contributed by atoms with E-state index in [9.17, 15) is 13.9 Å². The highest BCUT2D eigenvalue weighted by molar-refractivity contribution is 5.67. The summed E-state index contributed by atoms with van der Waals surface area (Å²) in [6, 6.07) is 8.19. The van der Waals surface area contributed by atoms with E-state index in [1.165, 1.54) is 6.07 Å². The maximum absolute atomic E-state index is 13.9. The minimum Gasteiger partial charge on any atom is -0.394 e. The van der Waals surface area contributed by atoms with Crippen molar-refractivity contribution in [2.45, 2.75) is 13.0 Å². The standard InChI is InChI=1S/C18H17F2N5O/c1-11(10-26)22-18-24-16(12-4-6-21-7-5-12)9-17(25-18)23-15-3-2-13(19)8-14(15)20/h2-9,11,26H,10H2,1H3,(H2,22,23,24,25)/t11-/m0/s1. The lowest BCUT2D eigenvalue weighted by molar-refractivity contribution is 0.281. The number of hydrogen-bond donors (Lipinski definition) is 3. The number of halogens is 2. The van der Waals surface area contributed by atoms with E-state index >= 15 is 0 Å². The number of nitrogens with one attached hydrogen (secondary N) is 2. The van der Waals surface area contributed by atoms with E-state index in [1.54, 1.807) is 37.5 Å². The number of nitrogens with zero attached hydrogens (tertiary/aromatic N) is 3. The molecule has 0 bridgehead atoms. The van der Waals surface area contributed by atoms with E-state index in [1.807, 2.05) is 0 Å². The summed E-state index contributed by atoms with van der Waals surface area (Å²) in [6.07, 6.45) is 3.27. The van der Waals surface area contributed by atoms with Gasteiger partial charge in [0.25, 0.3) is 0 Å². The van der Waals surface area contributed by atoms with Crippen molar-refractivity contribution in [1.29, 1.82) is 0 Å². The van der Waals surface area contributed by atoms with Gasteiger partial charge < -0.3 is 15.7 Å². The Hall–Kier alpha value is -3.13. The fraction of sp³-hybridized carbons (Fsp3) is 0.167. The van der Waals surface area contributed by atoms with Gasteiger partial charge in [0.05, 0.1) is 18.0 Å². The zero-order valence-corrected chi connectivity index (χ0v) is 13.9. The average molecular weight is 357 g/mol. The van der Waals surface area contributed by atoms with Crippen LogP contribution in [0.1, 0.15) is 6.92 Å². The molecule has 0 amide bonds. The number of benzene rings is 1. The SMILES string of the molecule is C[C@@H](CO)Nc1nc(Nc2ccc(F)cc2F)cc(-c2ccncc2)n1. The van der Waals surface area contributed by atoms with Crippen molar-refractivity contribution in [3.63, 3.8) is 0 Å². The number of aliphatic hydroxyl groups is 1. The van der Waals surface area contributed by atoms with Gasteiger partial charge in [0, 0.05) is 36.1 Å². The van der Waals surface area contributed by atoms with E-state index in [0.717, 1.165) is 17.7 Å². The molecule has 2 aromatic heterocycles. The van der Waals surface area contributed by atoms with Crippen LogP contribution < -0.4 is 10.6 Å². The highest BCUT2D eigenvalue weighted by Gasteiger charge is 2.11. The van der Waals surface area contributed by atoms with E-state index in [4.69, 9.17) is 0 Å². The van der Waals surface area contributed by atoms with Crippen LogP contribution in [0.15, 0.2) is 48.8 Å². The van der Waals surface area contributed by atoms with Gasteiger partial charge >= 0.3 is 0 Å². The Kier molecular flexibility index (Phi) is 5.33. The third-order valence-electron chi connectivity index (χ3n) is 3.55. The van der Waals surface area contributed by atoms with E-state index in [2.05, 4.69) is 25.6 Å². The lowest BCUT2D eigenvalue weighted by Gasteiger charge is -2.14. The molecule has 0 spiro atoms. The largest absolute Gasteiger partial charge is 0.394 e. The smallest absolute Gasteiger partial charge is 0.225 e. The average Bonchev–Trinajstić information content (AvgIpc) is 2.64. The van der Waals surface area contributed by atoms with Gasteiger partial charge in [0.2, 0.25) is 5.95 Å². The molecule has 0 aliphatic rings. The first-order chi connectivity index (χ1) is 12.5. The molecule has 8 heteroatoms. The van der Waals surface area contributed by atoms with Crippen LogP contribution in [0.4, 0.5) is 26.2 Å². The number of pyridine rings is 1. The second-order valence-corrected chi connectivity index (χ2v) is 5.68. The van der Waals surface area contributed by atoms with Gasteiger partial charge in [-0.2, -0.15) is 4.98 Å². The van der Waals surface area contributed by atoms with Gasteiger partial charge in [0.15, 0.2) is 0 Å². The van der Waals surface area contributed by atoms with Crippen LogP contribution >= 0.6 is 0 Å². The molecule has 26 heavy (non-hydrogen) atoms. The van der Waals surface area contributed by atoms with Gasteiger partial charge in [-0.25, -0.2) is 13.8 Å². The summed E-state index contributed by atoms with van der Waals surface area (Å²) < 4.78 is 27.0. The van der Waals surface area contributed by atoms with E-state index < -0.39 is 11.6 Å². The molecule has 1 aromatic carbocycles. The molecule has 3 N–H and O–H groups in total. The molecule has 134 valence electrons. The summed E-state index contributed by atoms with van der Waals surface area (Å²) in [5, 5.41) is 15.0. The van der Waals surface area contributed by atoms with Crippen molar-refractivity contribution < 1.29 is 13.9 Å². The van der Waals surface area contributed by atoms with Crippen LogP contribution in [0.2, 0.25) is 0 Å². The summed E-state index contributed by atoms with van der Waals surface area (Å²) in [4.78, 5) is 12.7. The molecule has 2 heterocycles. The van der Waals surface area contributed by atoms with Crippen molar-refractivity contribution in [2.24, 2.45) is 0 Å². The third-order valence-corrected chi connectivity index (χ3v) is 3.55. The molecule has 0 fully saturated rings. The van der Waals surface area contributed by atoms with Crippen LogP contribution in [0, 0.1) is 11.6 Å². The van der Waals surface area contributed by atoms with Crippen molar-refractivity contribution >= 4 is 17.5 Å². The van der Waals surface area contributed by atoms with Crippen LogP contribution in [0.5, 0.6) is 0 Å². The third kappa shape index (κ3) is 4.28. The fourth-order valence-electron chi connectivity index (χ4n) is 2.24. The zero-order valence-electron chi connectivity index (χ0n) is 13.9. The van der Waals surface area contributed by atoms with Crippen LogP contribution in [-0.2, 0) is 0 Å². The lowest BCUT2D eigenvalue weighted by Crippen LogP contribution is -2.21. The second-order valence-electron chi connectivity index (χ2n) is 5.68. The number of hydrogen-bond acceptors (Lipinski definition) is 6. The molecule has 3 rings (SSSR count). The number of rotatable bonds is 6. The molecule has 1 atom stereocenters. The van der Waals surface area contributed by atoms with Gasteiger partial charge in [-0.15, -0.1) is 0 Å². The zero-order chi connectivity index (χ0) is 18.5. The molecule has 0 saturated heterocycles. The summed E-state index contributed by atoms with van der Waals surface area (Å²) in [6.45, 7) is 1.67. The normalized spacial score (nSPS) is 11.8. The molecule has 0 unspecified atom stereocenters. The summed E-state index contributed by atoms with van der Waals surface area (Å²) in [5.41, 5.74) is 1.47. The fourth-order valence-corrected chi connectivity index (χ4v) is 2.24. The molecular weight excluding hydrogens is 340 g/mol. The Bertz CT molecular complexity index is 892. The Balaban J connectivity index is 1.98. The Morgan fingerprint density at radius 2 is 1.85 bits per heavy atom. The molecule has 3 aromatic rings. The first-order valence-corrected chi connectivity index (χ1v) is 7.94. The topological polar surface area (TPSA) is 83.0 Å². The molecule has 0 saturated carbocycles. The minimum absolute atomic E-state index is 0.0898. The number of anilines is 3. The minimum atomic E-state index is -0.729. The Labute approximate surface area is 149 Å². The molecule has 0 aliphatic carbocycles. The Morgan fingerprint density at radius 3 is 2.54 bits per heavy atom. The Morgan fingerprint density at radius 1 is 1.08 bits per heavy atom. The summed E-state index contributed by atoms with van der Waals surface area (Å²) in [5.74, 6) is -0.796. The lowest BCUT2D eigenvalue weighted by atomic mass is 10.2. The molecular formula is C18H17F2N5O. The van der Waals surface area contributed by atoms with Crippen LogP contribution in [-0.4, -0.2) is 32.7 Å². The maximum Gasteiger partial charge on any atom is 0.225 e. The van der Waals surface area contributed by atoms with E-state index in [0.29, 0.717) is 11.5 Å². The van der Waals surface area contributed by atoms with Crippen molar-refractivity contribution in [1.82, 2.24) is 15.0 Å². The maximum atomic E-state index is 13.9. The van der Waals surface area contributed by atoms with Gasteiger partial charge in [-0.3, -0.25) is 4.98 Å². The van der Waals surface area contributed by atoms with Gasteiger partial charge in [0.1, 0.15) is 17.5 Å². The highest BCUT2D eigenvalue weighted by Crippen LogP contribution is 2.25. The first kappa shape index (κ1) is 17.7. The first-order valence-electron chi connectivity index (χ1n) is 7.94. The van der Waals surface area contributed by atoms with Crippen LogP contribution in [0.3, 0.4) is 0 Å². The van der Waals surface area contributed by atoms with Gasteiger partial charge in [-0.1, -0.05) is 0 Å². The predicted molar refractivity (Wildman–Crippen MR) is 95.1 cm³/mol. The summed E-state index contributed by atoms with van der Waals surface area (Å²) in [7, 11) is 0. The van der Waals surface area contributed by atoms with E-state index in [-0.39, 0.29) is 24.3 Å². The van der Waals surface area contributed by atoms with Crippen molar-refractivity contribution in [2.75, 3.05) is 17.2 Å². The monoisotopic (exact) mass is 357 g/mol. The predicted octanol–water partition coefficient (Wildman–Crippen LogP) is 3.35. The summed E-state index contributed by atoms with van der Waals surface area (Å²) >= 11 is 0. The van der Waals surface area contributed by atoms with Crippen molar-refractivity contribution in [3.8, 4) is 11.3 Å². The van der Waals surface area contributed by atoms with Crippen molar-refractivity contribution in [3.05, 3.63) is 60.4 Å². The second kappa shape index (κ2) is 7.83. The quantitative estimate of drug-likeness (QED) is 0.628. The molecule has 6 nitrogen and oxygen atoms in total. The molecule has 0 aliphatic heterocycles.